The van der Waals surface area contributed by atoms with Crippen LogP contribution in [0.3, 0.4) is 0 Å². The minimum Gasteiger partial charge on any atom is -0.497 e. The highest BCUT2D eigenvalue weighted by molar-refractivity contribution is 7.17. The van der Waals surface area contributed by atoms with Crippen LogP contribution < -0.4 is 10.3 Å². The number of methoxy groups -OCH3 is 1. The normalized spacial score (nSPS) is 18.3. The number of hydrogen-bond donors (Lipinski definition) is 1. The smallest absolute Gasteiger partial charge is 0.265 e. The average molecular weight is 792 g/mol. The largest absolute Gasteiger partial charge is 0.497 e. The minimum atomic E-state index is -1.20. The number of hydrogen-bond acceptors (Lipinski definition) is 9. The number of carbonyl (C=O) groups is 2. The third kappa shape index (κ3) is 7.34. The number of rotatable bonds is 8. The monoisotopic (exact) mass is 791 g/mol. The molecule has 2 aliphatic rings. The number of thiazole rings is 1. The Balaban J connectivity index is 0.952. The molecule has 2 amide bonds. The third-order valence-corrected chi connectivity index (χ3v) is 12.5. The van der Waals surface area contributed by atoms with Gasteiger partial charge in [-0.1, -0.05) is 41.9 Å². The van der Waals surface area contributed by atoms with E-state index in [0.29, 0.717) is 83.5 Å². The zero-order valence-electron chi connectivity index (χ0n) is 31.4. The fraction of sp³-hybridized carbons (Fsp3) is 0.333. The maximum atomic E-state index is 14.3. The van der Waals surface area contributed by atoms with E-state index >= 15 is 0 Å². The molecule has 56 heavy (non-hydrogen) atoms. The van der Waals surface area contributed by atoms with E-state index in [9.17, 15) is 19.5 Å². The number of piperidine rings is 2. The van der Waals surface area contributed by atoms with E-state index in [0.717, 1.165) is 21.8 Å². The van der Waals surface area contributed by atoms with Gasteiger partial charge < -0.3 is 24.2 Å². The summed E-state index contributed by atoms with van der Waals surface area (Å²) in [5.74, 6) is -0.00487. The van der Waals surface area contributed by atoms with Crippen LogP contribution in [-0.2, 0) is 11.3 Å². The second-order valence-corrected chi connectivity index (χ2v) is 16.2. The first-order valence-corrected chi connectivity index (χ1v) is 19.9. The topological polar surface area (TPSA) is 136 Å². The van der Waals surface area contributed by atoms with Crippen LogP contribution in [0.4, 0.5) is 0 Å². The summed E-state index contributed by atoms with van der Waals surface area (Å²) in [7, 11) is 1.56. The number of halogens is 1. The Bertz CT molecular complexity index is 2470. The molecule has 2 aromatic carbocycles. The van der Waals surface area contributed by atoms with E-state index in [1.54, 1.807) is 42.3 Å². The molecule has 0 saturated carbocycles. The number of aryl methyl sites for hydroxylation is 2. The highest BCUT2D eigenvalue weighted by Crippen LogP contribution is 2.37. The van der Waals surface area contributed by atoms with E-state index in [1.165, 1.54) is 22.2 Å². The van der Waals surface area contributed by atoms with Gasteiger partial charge in [-0.05, 0) is 69.0 Å². The lowest BCUT2D eigenvalue weighted by Crippen LogP contribution is -2.53. The van der Waals surface area contributed by atoms with Gasteiger partial charge in [0.25, 0.3) is 11.5 Å². The number of nitrogens with zero attached hydrogens (tertiary/aromatic N) is 7. The number of benzene rings is 2. The van der Waals surface area contributed by atoms with Crippen LogP contribution in [0.15, 0.2) is 90.2 Å². The van der Waals surface area contributed by atoms with Gasteiger partial charge in [0.2, 0.25) is 5.91 Å². The Kier molecular flexibility index (Phi) is 10.2. The van der Waals surface area contributed by atoms with Crippen molar-refractivity contribution in [1.82, 2.24) is 33.9 Å². The zero-order chi connectivity index (χ0) is 39.1. The zero-order valence-corrected chi connectivity index (χ0v) is 33.0. The first kappa shape index (κ1) is 37.5. The SMILES string of the molecule is COc1cc(Cl)cc(-n2ccc3c(=O)n(CC4(O)CCN(C(=O)[C@@H]5CCN(C(=O)c6sc(-c7ccc(C)nc7)nc6C)C[C@H]5c5ccccc5)CC4)cnc32)c1. The molecule has 12 nitrogen and oxygen atoms in total. The van der Waals surface area contributed by atoms with Crippen LogP contribution in [0.5, 0.6) is 5.75 Å². The van der Waals surface area contributed by atoms with E-state index < -0.39 is 5.60 Å². The Morgan fingerprint density at radius 1 is 1.00 bits per heavy atom. The predicted octanol–water partition coefficient (Wildman–Crippen LogP) is 6.28. The van der Waals surface area contributed by atoms with Gasteiger partial charge in [0.15, 0.2) is 5.65 Å². The lowest BCUT2D eigenvalue weighted by Gasteiger charge is -2.43. The Labute approximate surface area is 333 Å². The van der Waals surface area contributed by atoms with Gasteiger partial charge in [-0.2, -0.15) is 0 Å². The number of ether oxygens (including phenoxy) is 1. The minimum absolute atomic E-state index is 0.0235. The van der Waals surface area contributed by atoms with E-state index in [4.69, 9.17) is 21.3 Å². The summed E-state index contributed by atoms with van der Waals surface area (Å²) in [6.45, 7) is 5.40. The summed E-state index contributed by atoms with van der Waals surface area (Å²) >= 11 is 7.67. The fourth-order valence-corrected chi connectivity index (χ4v) is 9.20. The summed E-state index contributed by atoms with van der Waals surface area (Å²) < 4.78 is 8.59. The number of likely N-dealkylation sites (tertiary alicyclic amines) is 2. The van der Waals surface area contributed by atoms with Gasteiger partial charge in [-0.3, -0.25) is 23.9 Å². The molecule has 2 aliphatic heterocycles. The number of aliphatic hydroxyl groups is 1. The summed E-state index contributed by atoms with van der Waals surface area (Å²) in [5.41, 5.74) is 3.18. The van der Waals surface area contributed by atoms with Crippen LogP contribution in [0, 0.1) is 19.8 Å². The number of aromatic nitrogens is 5. The fourth-order valence-electron chi connectivity index (χ4n) is 7.96. The molecule has 0 bridgehead atoms. The molecule has 0 radical (unpaired) electrons. The van der Waals surface area contributed by atoms with Crippen molar-refractivity contribution in [2.75, 3.05) is 33.3 Å². The quantitative estimate of drug-likeness (QED) is 0.190. The molecule has 0 aliphatic carbocycles. The van der Waals surface area contributed by atoms with Crippen molar-refractivity contribution in [3.63, 3.8) is 0 Å². The van der Waals surface area contributed by atoms with Crippen LogP contribution in [0.25, 0.3) is 27.3 Å². The molecule has 0 spiro atoms. The molecule has 8 rings (SSSR count). The van der Waals surface area contributed by atoms with Crippen LogP contribution in [-0.4, -0.2) is 89.7 Å². The first-order chi connectivity index (χ1) is 27.0. The van der Waals surface area contributed by atoms with Crippen molar-refractivity contribution < 1.29 is 19.4 Å². The summed E-state index contributed by atoms with van der Waals surface area (Å²) in [5, 5.41) is 13.4. The van der Waals surface area contributed by atoms with E-state index in [2.05, 4.69) is 9.97 Å². The number of amides is 2. The molecule has 14 heteroatoms. The van der Waals surface area contributed by atoms with E-state index in [1.807, 2.05) is 72.2 Å². The van der Waals surface area contributed by atoms with Crippen molar-refractivity contribution in [2.24, 2.45) is 5.92 Å². The van der Waals surface area contributed by atoms with E-state index in [-0.39, 0.29) is 35.8 Å². The molecule has 2 saturated heterocycles. The molecule has 2 atom stereocenters. The maximum Gasteiger partial charge on any atom is 0.265 e. The first-order valence-electron chi connectivity index (χ1n) is 18.7. The maximum absolute atomic E-state index is 14.3. The van der Waals surface area contributed by atoms with Gasteiger partial charge in [0.1, 0.15) is 22.0 Å². The molecular formula is C42H42ClN7O5S. The molecule has 1 N–H and O–H groups in total. The molecule has 4 aromatic heterocycles. The third-order valence-electron chi connectivity index (χ3n) is 11.1. The van der Waals surface area contributed by atoms with Crippen molar-refractivity contribution in [2.45, 2.75) is 51.2 Å². The molecule has 2 fully saturated rings. The molecule has 0 unspecified atom stereocenters. The van der Waals surface area contributed by atoms with Gasteiger partial charge in [-0.25, -0.2) is 9.97 Å². The van der Waals surface area contributed by atoms with Crippen molar-refractivity contribution in [3.05, 3.63) is 123 Å². The number of carbonyl (C=O) groups excluding carboxylic acids is 2. The molecular weight excluding hydrogens is 750 g/mol. The molecule has 6 heterocycles. The van der Waals surface area contributed by atoms with Gasteiger partial charge in [0, 0.05) is 72.8 Å². The Morgan fingerprint density at radius 3 is 2.52 bits per heavy atom. The van der Waals surface area contributed by atoms with Crippen LogP contribution >= 0.6 is 22.9 Å². The lowest BCUT2D eigenvalue weighted by atomic mass is 9.79. The average Bonchev–Trinajstić information content (AvgIpc) is 3.83. The Hall–Kier alpha value is -5.37. The standard InChI is InChI=1S/C42H42ClN7O5S/c1-26-9-10-29(22-44-26)38-46-27(2)36(56-38)41(53)48-15-11-33(35(23-48)28-7-5-4-6-8-28)39(51)47-17-13-42(54,14-18-47)24-49-25-45-37-34(40(49)52)12-16-50(37)31-19-30(43)20-32(21-31)55-3/h4-10,12,16,19-22,25,33,35,54H,11,13-15,17-18,23-24H2,1-3H3/t33-,35+/m1/s1. The molecule has 6 aromatic rings. The highest BCUT2D eigenvalue weighted by Gasteiger charge is 2.42. The van der Waals surface area contributed by atoms with Crippen LogP contribution in [0.1, 0.15) is 51.8 Å². The van der Waals surface area contributed by atoms with Gasteiger partial charge >= 0.3 is 0 Å². The van der Waals surface area contributed by atoms with Gasteiger partial charge in [-0.15, -0.1) is 11.3 Å². The van der Waals surface area contributed by atoms with Crippen molar-refractivity contribution in [1.29, 1.82) is 0 Å². The van der Waals surface area contributed by atoms with Crippen LogP contribution in [0.2, 0.25) is 5.02 Å². The summed E-state index contributed by atoms with van der Waals surface area (Å²) in [6, 6.07) is 20.8. The Morgan fingerprint density at radius 2 is 1.79 bits per heavy atom. The molecule has 288 valence electrons. The number of pyridine rings is 1. The van der Waals surface area contributed by atoms with Crippen molar-refractivity contribution in [3.8, 4) is 22.0 Å². The second kappa shape index (κ2) is 15.3. The van der Waals surface area contributed by atoms with Crippen molar-refractivity contribution >= 4 is 45.8 Å². The number of fused-ring (bicyclic) bond motifs is 1. The summed E-state index contributed by atoms with van der Waals surface area (Å²) in [6.07, 6.45) is 6.14. The lowest BCUT2D eigenvalue weighted by molar-refractivity contribution is -0.142. The second-order valence-electron chi connectivity index (χ2n) is 14.8. The summed E-state index contributed by atoms with van der Waals surface area (Å²) in [4.78, 5) is 60.0. The van der Waals surface area contributed by atoms with Gasteiger partial charge in [0.05, 0.1) is 36.0 Å². The highest BCUT2D eigenvalue weighted by atomic mass is 35.5. The predicted molar refractivity (Wildman–Crippen MR) is 216 cm³/mol.